The second kappa shape index (κ2) is 6.72. The largest absolute Gasteiger partial charge is 0.335 e. The normalized spacial score (nSPS) is 26.9. The smallest absolute Gasteiger partial charge is 0.223 e. The summed E-state index contributed by atoms with van der Waals surface area (Å²) in [6.07, 6.45) is 6.62. The van der Waals surface area contributed by atoms with Crippen molar-refractivity contribution in [2.45, 2.75) is 44.6 Å². The van der Waals surface area contributed by atoms with Gasteiger partial charge >= 0.3 is 0 Å². The van der Waals surface area contributed by atoms with Crippen LogP contribution in [0.15, 0.2) is 17.5 Å². The van der Waals surface area contributed by atoms with Crippen molar-refractivity contribution in [3.63, 3.8) is 0 Å². The molecule has 110 valence electrons. The molecule has 2 aliphatic heterocycles. The van der Waals surface area contributed by atoms with Crippen molar-refractivity contribution in [1.29, 1.82) is 0 Å². The average Bonchev–Trinajstić information content (AvgIpc) is 3.15. The van der Waals surface area contributed by atoms with Crippen LogP contribution in [0.5, 0.6) is 0 Å². The molecule has 4 heteroatoms. The SMILES string of the molecule is O=C(CCC1CCCNC1)N1CCCC1c1cccs1. The van der Waals surface area contributed by atoms with Crippen LogP contribution in [0.4, 0.5) is 0 Å². The number of piperidine rings is 1. The summed E-state index contributed by atoms with van der Waals surface area (Å²) in [6.45, 7) is 3.20. The van der Waals surface area contributed by atoms with Gasteiger partial charge in [0.25, 0.3) is 0 Å². The number of nitrogens with one attached hydrogen (secondary N) is 1. The minimum atomic E-state index is 0.354. The molecule has 3 nitrogen and oxygen atoms in total. The molecule has 3 rings (SSSR count). The van der Waals surface area contributed by atoms with Gasteiger partial charge in [-0.25, -0.2) is 0 Å². The molecule has 1 amide bonds. The number of carbonyl (C=O) groups is 1. The van der Waals surface area contributed by atoms with Crippen LogP contribution in [0.3, 0.4) is 0 Å². The van der Waals surface area contributed by atoms with Crippen LogP contribution in [0.25, 0.3) is 0 Å². The van der Waals surface area contributed by atoms with Crippen LogP contribution in [0.1, 0.15) is 49.4 Å². The van der Waals surface area contributed by atoms with Crippen LogP contribution in [-0.2, 0) is 4.79 Å². The highest BCUT2D eigenvalue weighted by molar-refractivity contribution is 7.10. The van der Waals surface area contributed by atoms with E-state index in [1.54, 1.807) is 11.3 Å². The molecule has 2 unspecified atom stereocenters. The minimum absolute atomic E-state index is 0.354. The third kappa shape index (κ3) is 3.23. The topological polar surface area (TPSA) is 32.3 Å². The summed E-state index contributed by atoms with van der Waals surface area (Å²) in [6, 6.07) is 4.62. The van der Waals surface area contributed by atoms with Crippen molar-refractivity contribution in [3.8, 4) is 0 Å². The maximum atomic E-state index is 12.5. The molecule has 1 N–H and O–H groups in total. The van der Waals surface area contributed by atoms with Crippen molar-refractivity contribution in [2.75, 3.05) is 19.6 Å². The molecular weight excluding hydrogens is 268 g/mol. The van der Waals surface area contributed by atoms with E-state index in [4.69, 9.17) is 0 Å². The van der Waals surface area contributed by atoms with Gasteiger partial charge in [0.05, 0.1) is 6.04 Å². The zero-order valence-corrected chi connectivity index (χ0v) is 12.8. The first-order valence-corrected chi connectivity index (χ1v) is 8.76. The van der Waals surface area contributed by atoms with E-state index in [-0.39, 0.29) is 0 Å². The zero-order valence-electron chi connectivity index (χ0n) is 12.0. The van der Waals surface area contributed by atoms with Crippen LogP contribution in [-0.4, -0.2) is 30.4 Å². The first-order valence-electron chi connectivity index (χ1n) is 7.88. The summed E-state index contributed by atoms with van der Waals surface area (Å²) in [4.78, 5) is 16.0. The Morgan fingerprint density at radius 2 is 2.35 bits per heavy atom. The second-order valence-electron chi connectivity index (χ2n) is 6.01. The van der Waals surface area contributed by atoms with Crippen LogP contribution >= 0.6 is 11.3 Å². The van der Waals surface area contributed by atoms with Crippen molar-refractivity contribution in [2.24, 2.45) is 5.92 Å². The van der Waals surface area contributed by atoms with Crippen molar-refractivity contribution in [1.82, 2.24) is 10.2 Å². The molecule has 0 bridgehead atoms. The monoisotopic (exact) mass is 292 g/mol. The third-order valence-electron chi connectivity index (χ3n) is 4.61. The molecule has 0 radical (unpaired) electrons. The molecule has 20 heavy (non-hydrogen) atoms. The Morgan fingerprint density at radius 1 is 1.40 bits per heavy atom. The van der Waals surface area contributed by atoms with Gasteiger partial charge < -0.3 is 10.2 Å². The fourth-order valence-electron chi connectivity index (χ4n) is 3.48. The summed E-state index contributed by atoms with van der Waals surface area (Å²) in [5, 5.41) is 5.55. The van der Waals surface area contributed by atoms with E-state index in [2.05, 4.69) is 27.7 Å². The lowest BCUT2D eigenvalue weighted by Crippen LogP contribution is -2.33. The van der Waals surface area contributed by atoms with Gasteiger partial charge in [-0.1, -0.05) is 6.07 Å². The van der Waals surface area contributed by atoms with Gasteiger partial charge in [0.2, 0.25) is 5.91 Å². The maximum Gasteiger partial charge on any atom is 0.223 e. The Bertz CT molecular complexity index is 426. The highest BCUT2D eigenvalue weighted by Gasteiger charge is 2.30. The summed E-state index contributed by atoms with van der Waals surface area (Å²) in [5.41, 5.74) is 0. The molecule has 0 saturated carbocycles. The molecule has 1 aromatic rings. The average molecular weight is 292 g/mol. The molecule has 0 spiro atoms. The lowest BCUT2D eigenvalue weighted by molar-refractivity contribution is -0.132. The number of carbonyl (C=O) groups excluding carboxylic acids is 1. The van der Waals surface area contributed by atoms with Crippen molar-refractivity contribution in [3.05, 3.63) is 22.4 Å². The maximum absolute atomic E-state index is 12.5. The van der Waals surface area contributed by atoms with Crippen LogP contribution in [0.2, 0.25) is 0 Å². The van der Waals surface area contributed by atoms with E-state index < -0.39 is 0 Å². The van der Waals surface area contributed by atoms with E-state index in [1.165, 1.54) is 17.7 Å². The number of thiophene rings is 1. The number of hydrogen-bond acceptors (Lipinski definition) is 3. The molecule has 2 aliphatic rings. The molecule has 1 aromatic heterocycles. The number of likely N-dealkylation sites (tertiary alicyclic amines) is 1. The Morgan fingerprint density at radius 3 is 3.10 bits per heavy atom. The van der Waals surface area contributed by atoms with Gasteiger partial charge in [0.15, 0.2) is 0 Å². The first-order chi connectivity index (χ1) is 9.84. The lowest BCUT2D eigenvalue weighted by Gasteiger charge is -2.26. The molecule has 0 aromatic carbocycles. The quantitative estimate of drug-likeness (QED) is 0.924. The predicted octanol–water partition coefficient (Wildman–Crippen LogP) is 3.19. The number of hydrogen-bond donors (Lipinski definition) is 1. The van der Waals surface area contributed by atoms with Gasteiger partial charge in [-0.15, -0.1) is 11.3 Å². The Balaban J connectivity index is 1.53. The van der Waals surface area contributed by atoms with Gasteiger partial charge in [-0.05, 0) is 62.6 Å². The standard InChI is InChI=1S/C16H24N2OS/c19-16(8-7-13-4-1-9-17-12-13)18-10-2-5-14(18)15-6-3-11-20-15/h3,6,11,13-14,17H,1-2,4-5,7-10,12H2. The van der Waals surface area contributed by atoms with E-state index in [0.29, 0.717) is 17.9 Å². The molecule has 3 heterocycles. The molecule has 0 aliphatic carbocycles. The Kier molecular flexibility index (Phi) is 4.73. The third-order valence-corrected chi connectivity index (χ3v) is 5.58. The highest BCUT2D eigenvalue weighted by atomic mass is 32.1. The van der Waals surface area contributed by atoms with Crippen LogP contribution < -0.4 is 5.32 Å². The Hall–Kier alpha value is -0.870. The molecular formula is C16H24N2OS. The summed E-state index contributed by atoms with van der Waals surface area (Å²) in [7, 11) is 0. The van der Waals surface area contributed by atoms with Crippen molar-refractivity contribution >= 4 is 17.2 Å². The fraction of sp³-hybridized carbons (Fsp3) is 0.688. The van der Waals surface area contributed by atoms with Gasteiger partial charge in [-0.2, -0.15) is 0 Å². The van der Waals surface area contributed by atoms with Gasteiger partial charge in [-0.3, -0.25) is 4.79 Å². The lowest BCUT2D eigenvalue weighted by atomic mass is 9.94. The highest BCUT2D eigenvalue weighted by Crippen LogP contribution is 2.35. The summed E-state index contributed by atoms with van der Waals surface area (Å²) in [5.74, 6) is 1.07. The molecule has 2 fully saturated rings. The zero-order chi connectivity index (χ0) is 13.8. The van der Waals surface area contributed by atoms with E-state index >= 15 is 0 Å². The second-order valence-corrected chi connectivity index (χ2v) is 6.99. The fourth-order valence-corrected chi connectivity index (χ4v) is 4.36. The molecule has 2 saturated heterocycles. The van der Waals surface area contributed by atoms with E-state index in [9.17, 15) is 4.79 Å². The number of rotatable bonds is 4. The van der Waals surface area contributed by atoms with Gasteiger partial charge in [0, 0.05) is 17.8 Å². The number of amides is 1. The minimum Gasteiger partial charge on any atom is -0.335 e. The summed E-state index contributed by atoms with van der Waals surface area (Å²) >= 11 is 1.78. The summed E-state index contributed by atoms with van der Waals surface area (Å²) < 4.78 is 0. The van der Waals surface area contributed by atoms with Gasteiger partial charge in [0.1, 0.15) is 0 Å². The van der Waals surface area contributed by atoms with Crippen LogP contribution in [0, 0.1) is 5.92 Å². The number of nitrogens with zero attached hydrogens (tertiary/aromatic N) is 1. The van der Waals surface area contributed by atoms with Crippen molar-refractivity contribution < 1.29 is 4.79 Å². The Labute approximate surface area is 125 Å². The van der Waals surface area contributed by atoms with E-state index in [1.807, 2.05) is 0 Å². The predicted molar refractivity (Wildman–Crippen MR) is 82.8 cm³/mol. The van der Waals surface area contributed by atoms with E-state index in [0.717, 1.165) is 45.3 Å². The first kappa shape index (κ1) is 14.1. The molecule has 2 atom stereocenters.